The van der Waals surface area contributed by atoms with Crippen molar-refractivity contribution in [1.29, 1.82) is 0 Å². The molecule has 9 nitrogen and oxygen atoms in total. The van der Waals surface area contributed by atoms with Crippen molar-refractivity contribution in [2.24, 2.45) is 0 Å². The van der Waals surface area contributed by atoms with E-state index in [9.17, 15) is 23.3 Å². The minimum absolute atomic E-state index is 0.147. The van der Waals surface area contributed by atoms with Crippen LogP contribution in [0.1, 0.15) is 6.92 Å². The van der Waals surface area contributed by atoms with E-state index in [0.29, 0.717) is 26.2 Å². The number of carbonyl (C=O) groups excluding carboxylic acids is 1. The zero-order valence-corrected chi connectivity index (χ0v) is 14.3. The van der Waals surface area contributed by atoms with Gasteiger partial charge in [-0.3, -0.25) is 19.8 Å². The Balaban J connectivity index is 2.00. The number of anilines is 1. The maximum atomic E-state index is 12.4. The number of benzene rings is 1. The Labute approximate surface area is 140 Å². The van der Waals surface area contributed by atoms with Crippen LogP contribution in [0.15, 0.2) is 24.3 Å². The molecule has 0 aliphatic carbocycles. The number of carbonyl (C=O) groups is 1. The quantitative estimate of drug-likeness (QED) is 0.607. The van der Waals surface area contributed by atoms with E-state index in [-0.39, 0.29) is 17.3 Å². The summed E-state index contributed by atoms with van der Waals surface area (Å²) in [6.07, 6.45) is 1.16. The molecule has 0 bridgehead atoms. The van der Waals surface area contributed by atoms with Gasteiger partial charge in [0.05, 0.1) is 17.2 Å². The van der Waals surface area contributed by atoms with Gasteiger partial charge in [-0.1, -0.05) is 12.1 Å². The second-order valence-electron chi connectivity index (χ2n) is 5.64. The second-order valence-corrected chi connectivity index (χ2v) is 7.62. The van der Waals surface area contributed by atoms with Crippen LogP contribution < -0.4 is 5.32 Å². The van der Waals surface area contributed by atoms with Crippen LogP contribution in [0.5, 0.6) is 0 Å². The summed E-state index contributed by atoms with van der Waals surface area (Å²) in [4.78, 5) is 24.6. The van der Waals surface area contributed by atoms with Crippen molar-refractivity contribution in [2.75, 3.05) is 37.8 Å². The molecular formula is C14H20N4O5S. The molecule has 1 atom stereocenters. The number of hydrogen-bond acceptors (Lipinski definition) is 6. The summed E-state index contributed by atoms with van der Waals surface area (Å²) in [6, 6.07) is 5.42. The SMILES string of the molecule is CC(C(=O)Nc1ccccc1[N+](=O)[O-])N1CCN(S(C)(=O)=O)CC1. The molecule has 1 fully saturated rings. The number of rotatable bonds is 5. The summed E-state index contributed by atoms with van der Waals surface area (Å²) < 4.78 is 24.4. The predicted molar refractivity (Wildman–Crippen MR) is 89.2 cm³/mol. The Hall–Kier alpha value is -2.04. The lowest BCUT2D eigenvalue weighted by molar-refractivity contribution is -0.383. The number of nitro benzene ring substituents is 1. The largest absolute Gasteiger partial charge is 0.319 e. The first-order chi connectivity index (χ1) is 11.2. The third-order valence-electron chi connectivity index (χ3n) is 4.03. The summed E-state index contributed by atoms with van der Waals surface area (Å²) in [5.74, 6) is -0.364. The fraction of sp³-hybridized carbons (Fsp3) is 0.500. The first-order valence-corrected chi connectivity index (χ1v) is 9.28. The molecule has 1 aromatic rings. The number of nitrogens with one attached hydrogen (secondary N) is 1. The first-order valence-electron chi connectivity index (χ1n) is 7.43. The molecular weight excluding hydrogens is 336 g/mol. The van der Waals surface area contributed by atoms with Gasteiger partial charge < -0.3 is 5.32 Å². The topological polar surface area (TPSA) is 113 Å². The molecule has 0 aromatic heterocycles. The molecule has 0 saturated carbocycles. The number of para-hydroxylation sites is 2. The maximum absolute atomic E-state index is 12.4. The number of nitro groups is 1. The van der Waals surface area contributed by atoms with Crippen LogP contribution in [0.25, 0.3) is 0 Å². The fourth-order valence-electron chi connectivity index (χ4n) is 2.56. The third kappa shape index (κ3) is 4.28. The Morgan fingerprint density at radius 2 is 1.83 bits per heavy atom. The first kappa shape index (κ1) is 18.3. The van der Waals surface area contributed by atoms with E-state index in [0.717, 1.165) is 6.26 Å². The minimum Gasteiger partial charge on any atom is -0.319 e. The van der Waals surface area contributed by atoms with Gasteiger partial charge in [-0.05, 0) is 13.0 Å². The van der Waals surface area contributed by atoms with Gasteiger partial charge in [-0.15, -0.1) is 0 Å². The van der Waals surface area contributed by atoms with Crippen molar-refractivity contribution in [3.63, 3.8) is 0 Å². The van der Waals surface area contributed by atoms with Crippen molar-refractivity contribution in [3.05, 3.63) is 34.4 Å². The van der Waals surface area contributed by atoms with Crippen molar-refractivity contribution < 1.29 is 18.1 Å². The molecule has 1 heterocycles. The van der Waals surface area contributed by atoms with Crippen LogP contribution in [0, 0.1) is 10.1 Å². The molecule has 1 amide bonds. The average molecular weight is 356 g/mol. The van der Waals surface area contributed by atoms with Gasteiger partial charge in [0.25, 0.3) is 5.69 Å². The molecule has 10 heteroatoms. The normalized spacial score (nSPS) is 18.1. The van der Waals surface area contributed by atoms with Crippen LogP contribution in [0.4, 0.5) is 11.4 Å². The third-order valence-corrected chi connectivity index (χ3v) is 5.33. The van der Waals surface area contributed by atoms with E-state index < -0.39 is 21.0 Å². The molecule has 1 aliphatic rings. The average Bonchev–Trinajstić information content (AvgIpc) is 2.53. The van der Waals surface area contributed by atoms with E-state index in [1.807, 2.05) is 4.90 Å². The number of sulfonamides is 1. The number of hydrogen-bond donors (Lipinski definition) is 1. The molecule has 24 heavy (non-hydrogen) atoms. The van der Waals surface area contributed by atoms with E-state index in [1.54, 1.807) is 13.0 Å². The van der Waals surface area contributed by atoms with Gasteiger partial charge in [0.1, 0.15) is 5.69 Å². The highest BCUT2D eigenvalue weighted by Gasteiger charge is 2.29. The van der Waals surface area contributed by atoms with Gasteiger partial charge in [0.15, 0.2) is 0 Å². The molecule has 1 aliphatic heterocycles. The monoisotopic (exact) mass is 356 g/mol. The second kappa shape index (κ2) is 7.24. The standard InChI is InChI=1S/C14H20N4O5S/c1-11(16-7-9-17(10-8-16)24(2,22)23)14(19)15-12-5-3-4-6-13(12)18(20)21/h3-6,11H,7-10H2,1-2H3,(H,15,19). The van der Waals surface area contributed by atoms with Crippen molar-refractivity contribution >= 4 is 27.3 Å². The van der Waals surface area contributed by atoms with Crippen LogP contribution in [-0.2, 0) is 14.8 Å². The summed E-state index contributed by atoms with van der Waals surface area (Å²) in [6.45, 7) is 3.20. The Kier molecular flexibility index (Phi) is 5.52. The molecule has 0 spiro atoms. The van der Waals surface area contributed by atoms with E-state index in [2.05, 4.69) is 5.32 Å². The number of nitrogens with zero attached hydrogens (tertiary/aromatic N) is 3. The van der Waals surface area contributed by atoms with Gasteiger partial charge in [-0.25, -0.2) is 8.42 Å². The number of amides is 1. The zero-order valence-electron chi connectivity index (χ0n) is 13.5. The van der Waals surface area contributed by atoms with E-state index >= 15 is 0 Å². The highest BCUT2D eigenvalue weighted by Crippen LogP contribution is 2.23. The summed E-state index contributed by atoms with van der Waals surface area (Å²) in [5, 5.41) is 13.6. The van der Waals surface area contributed by atoms with Crippen molar-refractivity contribution in [1.82, 2.24) is 9.21 Å². The van der Waals surface area contributed by atoms with Crippen LogP contribution >= 0.6 is 0 Å². The van der Waals surface area contributed by atoms with Gasteiger partial charge in [0, 0.05) is 32.2 Å². The van der Waals surface area contributed by atoms with E-state index in [1.165, 1.54) is 22.5 Å². The highest BCUT2D eigenvalue weighted by atomic mass is 32.2. The Morgan fingerprint density at radius 1 is 1.25 bits per heavy atom. The lowest BCUT2D eigenvalue weighted by Crippen LogP contribution is -2.53. The molecule has 1 unspecified atom stereocenters. The summed E-state index contributed by atoms with van der Waals surface area (Å²) >= 11 is 0. The minimum atomic E-state index is -3.23. The van der Waals surface area contributed by atoms with Crippen LogP contribution in [0.2, 0.25) is 0 Å². The zero-order chi connectivity index (χ0) is 17.9. The smallest absolute Gasteiger partial charge is 0.292 e. The Bertz CT molecular complexity index is 728. The predicted octanol–water partition coefficient (Wildman–Crippen LogP) is 0.499. The maximum Gasteiger partial charge on any atom is 0.292 e. The van der Waals surface area contributed by atoms with Gasteiger partial charge in [-0.2, -0.15) is 4.31 Å². The molecule has 0 radical (unpaired) electrons. The molecule has 1 aromatic carbocycles. The van der Waals surface area contributed by atoms with Crippen molar-refractivity contribution in [2.45, 2.75) is 13.0 Å². The van der Waals surface area contributed by atoms with Crippen LogP contribution in [0.3, 0.4) is 0 Å². The molecule has 132 valence electrons. The highest BCUT2D eigenvalue weighted by molar-refractivity contribution is 7.88. The molecule has 1 N–H and O–H groups in total. The Morgan fingerprint density at radius 3 is 2.38 bits per heavy atom. The lowest BCUT2D eigenvalue weighted by Gasteiger charge is -2.36. The van der Waals surface area contributed by atoms with Gasteiger partial charge in [0.2, 0.25) is 15.9 Å². The van der Waals surface area contributed by atoms with E-state index in [4.69, 9.17) is 0 Å². The molecule has 1 saturated heterocycles. The number of piperazine rings is 1. The summed E-state index contributed by atoms with van der Waals surface area (Å²) in [7, 11) is -3.23. The van der Waals surface area contributed by atoms with Gasteiger partial charge >= 0.3 is 0 Å². The van der Waals surface area contributed by atoms with Crippen molar-refractivity contribution in [3.8, 4) is 0 Å². The summed E-state index contributed by atoms with van der Waals surface area (Å²) in [5.41, 5.74) is -0.0194. The molecule has 2 rings (SSSR count). The van der Waals surface area contributed by atoms with Crippen LogP contribution in [-0.4, -0.2) is 66.9 Å². The fourth-order valence-corrected chi connectivity index (χ4v) is 3.39. The lowest BCUT2D eigenvalue weighted by atomic mass is 10.2.